The number of ether oxygens (including phenoxy) is 1. The van der Waals surface area contributed by atoms with Crippen LogP contribution in [0.15, 0.2) is 52.5 Å². The number of hydrogen-bond acceptors (Lipinski definition) is 3. The van der Waals surface area contributed by atoms with Gasteiger partial charge in [-0.05, 0) is 32.4 Å². The van der Waals surface area contributed by atoms with Gasteiger partial charge in [-0.15, -0.1) is 0 Å². The van der Waals surface area contributed by atoms with Gasteiger partial charge in [-0.2, -0.15) is 0 Å². The molecule has 0 amide bonds. The molecule has 0 radical (unpaired) electrons. The van der Waals surface area contributed by atoms with Gasteiger partial charge in [-0.25, -0.2) is 8.42 Å². The predicted molar refractivity (Wildman–Crippen MR) is 86.7 cm³/mol. The largest absolute Gasteiger partial charge is 0.503 e. The third-order valence-electron chi connectivity index (χ3n) is 3.27. The summed E-state index contributed by atoms with van der Waals surface area (Å²) in [6, 6.07) is 6.91. The molecule has 0 saturated heterocycles. The van der Waals surface area contributed by atoms with E-state index >= 15 is 0 Å². The van der Waals surface area contributed by atoms with Crippen molar-refractivity contribution >= 4 is 9.84 Å². The van der Waals surface area contributed by atoms with Crippen molar-refractivity contribution in [1.29, 1.82) is 0 Å². The molecule has 1 rings (SSSR count). The molecule has 0 N–H and O–H groups in total. The van der Waals surface area contributed by atoms with Crippen LogP contribution in [0.4, 0.5) is 0 Å². The van der Waals surface area contributed by atoms with Gasteiger partial charge in [0.25, 0.3) is 0 Å². The first kappa shape index (κ1) is 17.5. The van der Waals surface area contributed by atoms with Crippen LogP contribution in [0, 0.1) is 12.8 Å². The van der Waals surface area contributed by atoms with E-state index in [4.69, 9.17) is 4.74 Å². The molecule has 1 aromatic carbocycles. The molecule has 0 spiro atoms. The van der Waals surface area contributed by atoms with Gasteiger partial charge in [0.15, 0.2) is 0 Å². The second kappa shape index (κ2) is 8.03. The van der Waals surface area contributed by atoms with E-state index in [-0.39, 0.29) is 5.92 Å². The van der Waals surface area contributed by atoms with E-state index in [1.54, 1.807) is 12.1 Å². The Balaban J connectivity index is 3.32. The molecule has 3 nitrogen and oxygen atoms in total. The number of rotatable bonds is 7. The maximum absolute atomic E-state index is 12.8. The van der Waals surface area contributed by atoms with Gasteiger partial charge in [0.2, 0.25) is 9.84 Å². The van der Waals surface area contributed by atoms with E-state index in [0.29, 0.717) is 9.80 Å². The highest BCUT2D eigenvalue weighted by Crippen LogP contribution is 2.29. The number of sulfone groups is 1. The fourth-order valence-electron chi connectivity index (χ4n) is 2.20. The molecule has 0 aliphatic rings. The van der Waals surface area contributed by atoms with Crippen molar-refractivity contribution in [2.75, 3.05) is 7.11 Å². The minimum atomic E-state index is -3.54. The molecule has 1 aromatic rings. The maximum Gasteiger partial charge on any atom is 0.206 e. The molecule has 21 heavy (non-hydrogen) atoms. The number of methoxy groups -OCH3 is 1. The lowest BCUT2D eigenvalue weighted by molar-refractivity contribution is 0.332. The minimum absolute atomic E-state index is 0.161. The van der Waals surface area contributed by atoms with Gasteiger partial charge in [-0.1, -0.05) is 43.2 Å². The van der Waals surface area contributed by atoms with Crippen molar-refractivity contribution in [2.24, 2.45) is 5.92 Å². The van der Waals surface area contributed by atoms with Crippen molar-refractivity contribution in [1.82, 2.24) is 0 Å². The molecule has 0 bridgehead atoms. The summed E-state index contributed by atoms with van der Waals surface area (Å²) in [5.74, 6) is -0.161. The Morgan fingerprint density at radius 1 is 1.29 bits per heavy atom. The summed E-state index contributed by atoms with van der Waals surface area (Å²) in [7, 11) is -2.06. The molecule has 0 saturated carbocycles. The molecule has 0 heterocycles. The predicted octanol–water partition coefficient (Wildman–Crippen LogP) is 4.25. The molecule has 1 unspecified atom stereocenters. The second-order valence-corrected chi connectivity index (χ2v) is 6.94. The Labute approximate surface area is 128 Å². The van der Waals surface area contributed by atoms with E-state index in [1.165, 1.54) is 13.4 Å². The second-order valence-electron chi connectivity index (χ2n) is 4.99. The zero-order valence-corrected chi connectivity index (χ0v) is 14.0. The fourth-order valence-corrected chi connectivity index (χ4v) is 3.78. The van der Waals surface area contributed by atoms with Crippen LogP contribution in [0.3, 0.4) is 0 Å². The molecule has 0 fully saturated rings. The van der Waals surface area contributed by atoms with Gasteiger partial charge >= 0.3 is 0 Å². The van der Waals surface area contributed by atoms with Gasteiger partial charge < -0.3 is 4.74 Å². The summed E-state index contributed by atoms with van der Waals surface area (Å²) in [6.07, 6.45) is 6.83. The smallest absolute Gasteiger partial charge is 0.206 e. The van der Waals surface area contributed by atoms with Crippen LogP contribution >= 0.6 is 0 Å². The molecular formula is C17H24O3S. The van der Waals surface area contributed by atoms with Crippen molar-refractivity contribution in [3.05, 3.63) is 53.1 Å². The first-order chi connectivity index (χ1) is 9.97. The van der Waals surface area contributed by atoms with E-state index in [9.17, 15) is 8.42 Å². The maximum atomic E-state index is 12.8. The lowest BCUT2D eigenvalue weighted by Gasteiger charge is -2.17. The van der Waals surface area contributed by atoms with Crippen LogP contribution in [0.25, 0.3) is 0 Å². The zero-order chi connectivity index (χ0) is 15.9. The van der Waals surface area contributed by atoms with Crippen LogP contribution in [0.1, 0.15) is 32.3 Å². The molecule has 0 aliphatic heterocycles. The summed E-state index contributed by atoms with van der Waals surface area (Å²) in [5.41, 5.74) is 1.03. The van der Waals surface area contributed by atoms with Gasteiger partial charge in [-0.3, -0.25) is 0 Å². The van der Waals surface area contributed by atoms with Gasteiger partial charge in [0.05, 0.1) is 23.2 Å². The zero-order valence-electron chi connectivity index (χ0n) is 13.2. The summed E-state index contributed by atoms with van der Waals surface area (Å²) in [5, 5.41) is 0. The van der Waals surface area contributed by atoms with E-state index in [1.807, 2.05) is 45.1 Å². The highest BCUT2D eigenvalue weighted by molar-refractivity contribution is 7.95. The molecule has 0 aliphatic carbocycles. The van der Waals surface area contributed by atoms with Gasteiger partial charge in [0, 0.05) is 5.92 Å². The Hall–Kier alpha value is -1.55. The van der Waals surface area contributed by atoms with Crippen LogP contribution in [-0.4, -0.2) is 15.5 Å². The monoisotopic (exact) mass is 308 g/mol. The number of hydrogen-bond donors (Lipinski definition) is 0. The van der Waals surface area contributed by atoms with Gasteiger partial charge in [0.1, 0.15) is 0 Å². The third kappa shape index (κ3) is 4.46. The quantitative estimate of drug-likeness (QED) is 0.558. The van der Waals surface area contributed by atoms with E-state index in [0.717, 1.165) is 18.4 Å². The third-order valence-corrected chi connectivity index (χ3v) is 5.18. The molecule has 116 valence electrons. The Morgan fingerprint density at radius 2 is 1.90 bits per heavy atom. The van der Waals surface area contributed by atoms with E-state index < -0.39 is 9.84 Å². The molecular weight excluding hydrogens is 284 g/mol. The fraction of sp³-hybridized carbons (Fsp3) is 0.412. The normalized spacial score (nSPS) is 14.4. The van der Waals surface area contributed by atoms with Crippen LogP contribution in [-0.2, 0) is 14.6 Å². The van der Waals surface area contributed by atoms with Crippen molar-refractivity contribution in [2.45, 2.75) is 38.5 Å². The number of aryl methyl sites for hydroxylation is 1. The topological polar surface area (TPSA) is 43.4 Å². The Kier molecular flexibility index (Phi) is 6.69. The van der Waals surface area contributed by atoms with Crippen molar-refractivity contribution in [3.8, 4) is 0 Å². The summed E-state index contributed by atoms with van der Waals surface area (Å²) >= 11 is 0. The Bertz CT molecular complexity index is 595. The summed E-state index contributed by atoms with van der Waals surface area (Å²) < 4.78 is 30.7. The molecule has 0 aromatic heterocycles. The lowest BCUT2D eigenvalue weighted by atomic mass is 10.0. The van der Waals surface area contributed by atoms with Crippen LogP contribution in [0.2, 0.25) is 0 Å². The van der Waals surface area contributed by atoms with Crippen LogP contribution < -0.4 is 0 Å². The van der Waals surface area contributed by atoms with Crippen molar-refractivity contribution in [3.63, 3.8) is 0 Å². The number of benzene rings is 1. The summed E-state index contributed by atoms with van der Waals surface area (Å²) in [4.78, 5) is 0.621. The first-order valence-electron chi connectivity index (χ1n) is 7.14. The average Bonchev–Trinajstić information content (AvgIpc) is 2.45. The summed E-state index contributed by atoms with van der Waals surface area (Å²) in [6.45, 7) is 5.87. The Morgan fingerprint density at radius 3 is 2.38 bits per heavy atom. The van der Waals surface area contributed by atoms with Crippen LogP contribution in [0.5, 0.6) is 0 Å². The molecule has 4 heteroatoms. The first-order valence-corrected chi connectivity index (χ1v) is 8.63. The number of allylic oxidation sites excluding steroid dienone is 3. The minimum Gasteiger partial charge on any atom is -0.503 e. The lowest BCUT2D eigenvalue weighted by Crippen LogP contribution is -2.13. The molecule has 1 atom stereocenters. The van der Waals surface area contributed by atoms with Crippen molar-refractivity contribution < 1.29 is 13.2 Å². The highest BCUT2D eigenvalue weighted by Gasteiger charge is 2.26. The average molecular weight is 308 g/mol. The van der Waals surface area contributed by atoms with E-state index in [2.05, 4.69) is 0 Å². The SMILES string of the molecule is C/C=C/C(CCC)/C(=C/OC)S(=O)(=O)c1ccc(C)cc1. The standard InChI is InChI=1S/C17H24O3S/c1-5-7-15(8-6-2)17(13-20-4)21(18,19)16-11-9-14(3)10-12-16/h5,7,9-13,15H,6,8H2,1-4H3/b7-5+,17-13-. The highest BCUT2D eigenvalue weighted by atomic mass is 32.2.